The van der Waals surface area contributed by atoms with Crippen molar-refractivity contribution in [2.45, 2.75) is 19.7 Å². The zero-order valence-corrected chi connectivity index (χ0v) is 19.6. The lowest BCUT2D eigenvalue weighted by molar-refractivity contribution is -0.0505. The van der Waals surface area contributed by atoms with E-state index >= 15 is 0 Å². The van der Waals surface area contributed by atoms with E-state index < -0.39 is 12.7 Å². The standard InChI is InChI=1S/C20H24F2N4O4.HI/c1-23-19(24-11-13-4-6-15(7-5-13)26-20(27)29-3)25-12-14-10-16(28-2)8-9-17(14)30-18(21)22;/h4-10,18H,11-12H2,1-3H3,(H,26,27)(H2,23,24,25);1H. The summed E-state index contributed by atoms with van der Waals surface area (Å²) < 4.78 is 39.5. The smallest absolute Gasteiger partial charge is 0.411 e. The molecule has 2 rings (SSSR count). The Morgan fingerprint density at radius 3 is 2.32 bits per heavy atom. The van der Waals surface area contributed by atoms with Crippen molar-refractivity contribution in [1.29, 1.82) is 0 Å². The van der Waals surface area contributed by atoms with Gasteiger partial charge in [-0.2, -0.15) is 8.78 Å². The van der Waals surface area contributed by atoms with E-state index in [0.717, 1.165) is 5.56 Å². The fraction of sp³-hybridized carbons (Fsp3) is 0.300. The molecule has 2 aromatic rings. The molecule has 0 heterocycles. The lowest BCUT2D eigenvalue weighted by atomic mass is 10.2. The Morgan fingerprint density at radius 1 is 1.06 bits per heavy atom. The molecule has 0 aliphatic rings. The normalized spacial score (nSPS) is 10.7. The van der Waals surface area contributed by atoms with Gasteiger partial charge in [-0.1, -0.05) is 12.1 Å². The van der Waals surface area contributed by atoms with E-state index in [1.165, 1.54) is 20.3 Å². The molecule has 0 aliphatic heterocycles. The molecule has 1 amide bonds. The lowest BCUT2D eigenvalue weighted by Gasteiger charge is -2.15. The van der Waals surface area contributed by atoms with Gasteiger partial charge in [0, 0.05) is 31.4 Å². The molecule has 0 bridgehead atoms. The number of nitrogens with zero attached hydrogens (tertiary/aromatic N) is 1. The summed E-state index contributed by atoms with van der Waals surface area (Å²) in [5.74, 6) is 1.05. The molecule has 0 saturated heterocycles. The third-order valence-corrected chi connectivity index (χ3v) is 4.00. The van der Waals surface area contributed by atoms with Crippen LogP contribution in [-0.2, 0) is 17.8 Å². The molecule has 170 valence electrons. The average molecular weight is 550 g/mol. The van der Waals surface area contributed by atoms with Crippen LogP contribution in [0.25, 0.3) is 0 Å². The first kappa shape index (κ1) is 26.2. The number of benzene rings is 2. The highest BCUT2D eigenvalue weighted by molar-refractivity contribution is 14.0. The molecule has 0 radical (unpaired) electrons. The van der Waals surface area contributed by atoms with Crippen LogP contribution in [0.15, 0.2) is 47.5 Å². The van der Waals surface area contributed by atoms with Crippen molar-refractivity contribution < 1.29 is 27.8 Å². The van der Waals surface area contributed by atoms with Gasteiger partial charge in [0.15, 0.2) is 5.96 Å². The minimum Gasteiger partial charge on any atom is -0.497 e. The summed E-state index contributed by atoms with van der Waals surface area (Å²) in [4.78, 5) is 15.3. The van der Waals surface area contributed by atoms with Crippen LogP contribution in [0, 0.1) is 0 Å². The van der Waals surface area contributed by atoms with Crippen molar-refractivity contribution in [3.63, 3.8) is 0 Å². The number of aliphatic imine (C=N–C) groups is 1. The van der Waals surface area contributed by atoms with E-state index in [9.17, 15) is 13.6 Å². The summed E-state index contributed by atoms with van der Waals surface area (Å²) in [5.41, 5.74) is 2.05. The first-order valence-electron chi connectivity index (χ1n) is 8.95. The summed E-state index contributed by atoms with van der Waals surface area (Å²) >= 11 is 0. The van der Waals surface area contributed by atoms with Gasteiger partial charge in [-0.25, -0.2) is 4.79 Å². The Bertz CT molecular complexity index is 867. The monoisotopic (exact) mass is 550 g/mol. The van der Waals surface area contributed by atoms with Crippen molar-refractivity contribution >= 4 is 41.7 Å². The summed E-state index contributed by atoms with van der Waals surface area (Å²) in [6.45, 7) is -2.27. The number of alkyl halides is 2. The lowest BCUT2D eigenvalue weighted by Crippen LogP contribution is -2.36. The molecule has 11 heteroatoms. The van der Waals surface area contributed by atoms with E-state index in [1.807, 2.05) is 12.1 Å². The quantitative estimate of drug-likeness (QED) is 0.262. The van der Waals surface area contributed by atoms with E-state index in [2.05, 4.69) is 30.4 Å². The maximum atomic E-state index is 12.6. The summed E-state index contributed by atoms with van der Waals surface area (Å²) in [6, 6.07) is 11.8. The molecule has 0 aliphatic carbocycles. The van der Waals surface area contributed by atoms with Crippen LogP contribution >= 0.6 is 24.0 Å². The van der Waals surface area contributed by atoms with Crippen molar-refractivity contribution in [3.8, 4) is 11.5 Å². The van der Waals surface area contributed by atoms with Gasteiger partial charge in [0.25, 0.3) is 0 Å². The number of rotatable bonds is 8. The van der Waals surface area contributed by atoms with Crippen LogP contribution in [0.4, 0.5) is 19.3 Å². The van der Waals surface area contributed by atoms with Crippen molar-refractivity contribution in [1.82, 2.24) is 10.6 Å². The zero-order valence-electron chi connectivity index (χ0n) is 17.3. The largest absolute Gasteiger partial charge is 0.497 e. The second-order valence-corrected chi connectivity index (χ2v) is 5.94. The minimum absolute atomic E-state index is 0. The van der Waals surface area contributed by atoms with E-state index in [0.29, 0.717) is 29.5 Å². The van der Waals surface area contributed by atoms with Crippen LogP contribution in [0.3, 0.4) is 0 Å². The highest BCUT2D eigenvalue weighted by Gasteiger charge is 2.11. The number of anilines is 1. The molecule has 0 aromatic heterocycles. The molecule has 2 aromatic carbocycles. The molecule has 0 spiro atoms. The van der Waals surface area contributed by atoms with E-state index in [-0.39, 0.29) is 36.3 Å². The van der Waals surface area contributed by atoms with Crippen LogP contribution in [-0.4, -0.2) is 39.9 Å². The van der Waals surface area contributed by atoms with Gasteiger partial charge in [-0.3, -0.25) is 10.3 Å². The molecular weight excluding hydrogens is 525 g/mol. The molecular formula is C20H25F2IN4O4. The number of halogens is 3. The van der Waals surface area contributed by atoms with Gasteiger partial charge in [-0.05, 0) is 35.9 Å². The number of hydrogen-bond donors (Lipinski definition) is 3. The maximum absolute atomic E-state index is 12.6. The Hall–Kier alpha value is -2.83. The fourth-order valence-electron chi connectivity index (χ4n) is 2.49. The predicted molar refractivity (Wildman–Crippen MR) is 125 cm³/mol. The van der Waals surface area contributed by atoms with Crippen molar-refractivity contribution in [2.75, 3.05) is 26.6 Å². The summed E-state index contributed by atoms with van der Waals surface area (Å²) in [7, 11) is 4.38. The SMILES string of the molecule is CN=C(NCc1ccc(NC(=O)OC)cc1)NCc1cc(OC)ccc1OC(F)F.I. The molecule has 31 heavy (non-hydrogen) atoms. The van der Waals surface area contributed by atoms with Crippen LogP contribution in [0.5, 0.6) is 11.5 Å². The van der Waals surface area contributed by atoms with E-state index in [1.54, 1.807) is 31.3 Å². The third kappa shape index (κ3) is 8.82. The molecule has 0 saturated carbocycles. The number of amides is 1. The first-order valence-corrected chi connectivity index (χ1v) is 8.95. The Morgan fingerprint density at radius 2 is 1.74 bits per heavy atom. The second kappa shape index (κ2) is 13.5. The van der Waals surface area contributed by atoms with Crippen molar-refractivity contribution in [3.05, 3.63) is 53.6 Å². The van der Waals surface area contributed by atoms with Crippen LogP contribution in [0.1, 0.15) is 11.1 Å². The first-order chi connectivity index (χ1) is 14.4. The van der Waals surface area contributed by atoms with E-state index in [4.69, 9.17) is 4.74 Å². The number of methoxy groups -OCH3 is 2. The third-order valence-electron chi connectivity index (χ3n) is 4.00. The highest BCUT2D eigenvalue weighted by atomic mass is 127. The Balaban J connectivity index is 0.00000480. The van der Waals surface area contributed by atoms with Crippen LogP contribution < -0.4 is 25.4 Å². The molecule has 0 unspecified atom stereocenters. The molecule has 0 atom stereocenters. The number of nitrogens with one attached hydrogen (secondary N) is 3. The number of carbonyl (C=O) groups is 1. The second-order valence-electron chi connectivity index (χ2n) is 5.94. The van der Waals surface area contributed by atoms with Gasteiger partial charge in [0.1, 0.15) is 11.5 Å². The van der Waals surface area contributed by atoms with Gasteiger partial charge >= 0.3 is 12.7 Å². The Labute approximate surface area is 196 Å². The van der Waals surface area contributed by atoms with Gasteiger partial charge in [0.2, 0.25) is 0 Å². The number of hydrogen-bond acceptors (Lipinski definition) is 5. The maximum Gasteiger partial charge on any atom is 0.411 e. The van der Waals surface area contributed by atoms with Gasteiger partial charge < -0.3 is 24.8 Å². The van der Waals surface area contributed by atoms with Crippen molar-refractivity contribution in [2.24, 2.45) is 4.99 Å². The Kier molecular flexibility index (Phi) is 11.4. The fourth-order valence-corrected chi connectivity index (χ4v) is 2.49. The number of carbonyl (C=O) groups excluding carboxylic acids is 1. The summed E-state index contributed by atoms with van der Waals surface area (Å²) in [6.07, 6.45) is -0.543. The topological polar surface area (TPSA) is 93.2 Å². The number of guanidine groups is 1. The molecule has 0 fully saturated rings. The predicted octanol–water partition coefficient (Wildman–Crippen LogP) is 3.96. The molecule has 3 N–H and O–H groups in total. The average Bonchev–Trinajstić information content (AvgIpc) is 2.75. The summed E-state index contributed by atoms with van der Waals surface area (Å²) in [5, 5.41) is 8.74. The van der Waals surface area contributed by atoms with Gasteiger partial charge in [0.05, 0.1) is 14.2 Å². The minimum atomic E-state index is -2.92. The van der Waals surface area contributed by atoms with Crippen LogP contribution in [0.2, 0.25) is 0 Å². The highest BCUT2D eigenvalue weighted by Crippen LogP contribution is 2.25. The number of ether oxygens (including phenoxy) is 3. The zero-order chi connectivity index (χ0) is 21.9. The molecule has 8 nitrogen and oxygen atoms in total. The van der Waals surface area contributed by atoms with Gasteiger partial charge in [-0.15, -0.1) is 24.0 Å².